The molecule has 1 atom stereocenters. The van der Waals surface area contributed by atoms with E-state index >= 15 is 0 Å². The maximum absolute atomic E-state index is 6.08. The maximum atomic E-state index is 6.08. The summed E-state index contributed by atoms with van der Waals surface area (Å²) in [6.07, 6.45) is 3.91. The van der Waals surface area contributed by atoms with Crippen LogP contribution in [0.5, 0.6) is 0 Å². The van der Waals surface area contributed by atoms with E-state index in [1.54, 1.807) is 0 Å². The molecular formula is C17H19BrClNS. The molecule has 21 heavy (non-hydrogen) atoms. The minimum Gasteiger partial charge on any atom is -0.309 e. The minimum absolute atomic E-state index is 0.541. The van der Waals surface area contributed by atoms with Gasteiger partial charge in [-0.15, -0.1) is 11.3 Å². The zero-order chi connectivity index (χ0) is 14.8. The molecule has 1 aromatic carbocycles. The molecule has 1 aliphatic carbocycles. The highest BCUT2D eigenvalue weighted by Gasteiger charge is 2.32. The van der Waals surface area contributed by atoms with E-state index in [0.29, 0.717) is 6.04 Å². The Balaban J connectivity index is 1.82. The van der Waals surface area contributed by atoms with Gasteiger partial charge in [-0.05, 0) is 77.5 Å². The molecule has 1 N–H and O–H groups in total. The van der Waals surface area contributed by atoms with Crippen LogP contribution in [0.2, 0.25) is 5.02 Å². The number of benzene rings is 1. The summed E-state index contributed by atoms with van der Waals surface area (Å²) in [7, 11) is 0. The van der Waals surface area contributed by atoms with Gasteiger partial charge in [0, 0.05) is 20.3 Å². The molecule has 2 aromatic rings. The largest absolute Gasteiger partial charge is 0.309 e. The molecular weight excluding hydrogens is 366 g/mol. The standard InChI is InChI=1S/C17H19BrClNS/c1-2-9-20-17(11-3-4-11)16-8-7-15(21-16)12-5-6-14(19)13(18)10-12/h5-8,10-11,17,20H,2-4,9H2,1H3. The highest BCUT2D eigenvalue weighted by atomic mass is 79.9. The van der Waals surface area contributed by atoms with Crippen molar-refractivity contribution in [3.63, 3.8) is 0 Å². The van der Waals surface area contributed by atoms with Crippen molar-refractivity contribution in [1.82, 2.24) is 5.32 Å². The summed E-state index contributed by atoms with van der Waals surface area (Å²) in [6.45, 7) is 3.32. The quantitative estimate of drug-likeness (QED) is 0.618. The first kappa shape index (κ1) is 15.5. The average molecular weight is 385 g/mol. The van der Waals surface area contributed by atoms with E-state index in [0.717, 1.165) is 22.0 Å². The van der Waals surface area contributed by atoms with Crippen LogP contribution in [0, 0.1) is 5.92 Å². The lowest BCUT2D eigenvalue weighted by molar-refractivity contribution is 0.488. The third-order valence-electron chi connectivity index (χ3n) is 3.85. The molecule has 1 heterocycles. The first-order valence-corrected chi connectivity index (χ1v) is 9.46. The summed E-state index contributed by atoms with van der Waals surface area (Å²) in [5, 5.41) is 4.47. The second kappa shape index (κ2) is 6.82. The van der Waals surface area contributed by atoms with Crippen molar-refractivity contribution in [2.24, 2.45) is 5.92 Å². The van der Waals surface area contributed by atoms with Crippen molar-refractivity contribution in [3.8, 4) is 10.4 Å². The fourth-order valence-electron chi connectivity index (χ4n) is 2.55. The lowest BCUT2D eigenvalue weighted by Crippen LogP contribution is -2.22. The van der Waals surface area contributed by atoms with E-state index in [1.165, 1.54) is 34.6 Å². The molecule has 0 spiro atoms. The zero-order valence-electron chi connectivity index (χ0n) is 12.0. The van der Waals surface area contributed by atoms with Gasteiger partial charge in [-0.25, -0.2) is 0 Å². The summed E-state index contributed by atoms with van der Waals surface area (Å²) in [6, 6.07) is 11.2. The van der Waals surface area contributed by atoms with Gasteiger partial charge in [-0.3, -0.25) is 0 Å². The van der Waals surface area contributed by atoms with Gasteiger partial charge in [-0.1, -0.05) is 24.6 Å². The fraction of sp³-hybridized carbons (Fsp3) is 0.412. The van der Waals surface area contributed by atoms with Crippen molar-refractivity contribution >= 4 is 38.9 Å². The second-order valence-electron chi connectivity index (χ2n) is 5.60. The summed E-state index contributed by atoms with van der Waals surface area (Å²) in [4.78, 5) is 2.78. The van der Waals surface area contributed by atoms with Crippen LogP contribution in [0.4, 0.5) is 0 Å². The molecule has 4 heteroatoms. The Kier molecular flexibility index (Phi) is 5.05. The van der Waals surface area contributed by atoms with E-state index < -0.39 is 0 Å². The first-order valence-electron chi connectivity index (χ1n) is 7.47. The van der Waals surface area contributed by atoms with Crippen molar-refractivity contribution in [2.75, 3.05) is 6.54 Å². The molecule has 1 fully saturated rings. The Hall–Kier alpha value is -0.350. The van der Waals surface area contributed by atoms with Crippen LogP contribution in [-0.4, -0.2) is 6.54 Å². The summed E-state index contributed by atoms with van der Waals surface area (Å²) in [5.74, 6) is 0.833. The van der Waals surface area contributed by atoms with E-state index in [9.17, 15) is 0 Å². The second-order valence-corrected chi connectivity index (χ2v) is 7.98. The van der Waals surface area contributed by atoms with E-state index in [-0.39, 0.29) is 0 Å². The van der Waals surface area contributed by atoms with Gasteiger partial charge >= 0.3 is 0 Å². The van der Waals surface area contributed by atoms with Gasteiger partial charge in [0.15, 0.2) is 0 Å². The molecule has 1 unspecified atom stereocenters. The first-order chi connectivity index (χ1) is 10.2. The Bertz CT molecular complexity index is 621. The van der Waals surface area contributed by atoms with E-state index in [4.69, 9.17) is 11.6 Å². The topological polar surface area (TPSA) is 12.0 Å². The Labute approximate surface area is 143 Å². The summed E-state index contributed by atoms with van der Waals surface area (Å²) >= 11 is 11.5. The fourth-order valence-corrected chi connectivity index (χ4v) is 4.22. The molecule has 0 aliphatic heterocycles. The van der Waals surface area contributed by atoms with Crippen LogP contribution in [0.3, 0.4) is 0 Å². The molecule has 3 rings (SSSR count). The molecule has 1 aliphatic rings. The molecule has 0 saturated heterocycles. The molecule has 1 saturated carbocycles. The molecule has 1 aromatic heterocycles. The number of thiophene rings is 1. The van der Waals surface area contributed by atoms with Crippen LogP contribution in [-0.2, 0) is 0 Å². The molecule has 0 radical (unpaired) electrons. The van der Waals surface area contributed by atoms with Crippen molar-refractivity contribution < 1.29 is 0 Å². The zero-order valence-corrected chi connectivity index (χ0v) is 15.2. The van der Waals surface area contributed by atoms with Crippen molar-refractivity contribution in [1.29, 1.82) is 0 Å². The SMILES string of the molecule is CCCNC(c1ccc(-c2ccc(Cl)c(Br)c2)s1)C1CC1. The Morgan fingerprint density at radius 3 is 2.81 bits per heavy atom. The van der Waals surface area contributed by atoms with Crippen LogP contribution in [0.15, 0.2) is 34.8 Å². The van der Waals surface area contributed by atoms with Gasteiger partial charge in [-0.2, -0.15) is 0 Å². The minimum atomic E-state index is 0.541. The predicted molar refractivity (Wildman–Crippen MR) is 96.2 cm³/mol. The smallest absolute Gasteiger partial charge is 0.0548 e. The van der Waals surface area contributed by atoms with Crippen LogP contribution in [0.1, 0.15) is 37.1 Å². The normalized spacial score (nSPS) is 16.1. The molecule has 112 valence electrons. The number of hydrogen-bond acceptors (Lipinski definition) is 2. The van der Waals surface area contributed by atoms with Gasteiger partial charge in [0.05, 0.1) is 5.02 Å². The predicted octanol–water partition coefficient (Wildman–Crippen LogP) is 6.28. The molecule has 0 bridgehead atoms. The van der Waals surface area contributed by atoms with Gasteiger partial charge < -0.3 is 5.32 Å². The van der Waals surface area contributed by atoms with Crippen molar-refractivity contribution in [2.45, 2.75) is 32.2 Å². The average Bonchev–Trinajstić information content (AvgIpc) is 3.20. The number of hydrogen-bond donors (Lipinski definition) is 1. The van der Waals surface area contributed by atoms with Crippen molar-refractivity contribution in [3.05, 3.63) is 44.7 Å². The molecule has 1 nitrogen and oxygen atoms in total. The highest BCUT2D eigenvalue weighted by molar-refractivity contribution is 9.10. The Morgan fingerprint density at radius 1 is 1.33 bits per heavy atom. The monoisotopic (exact) mass is 383 g/mol. The van der Waals surface area contributed by atoms with Gasteiger partial charge in [0.1, 0.15) is 0 Å². The highest BCUT2D eigenvalue weighted by Crippen LogP contribution is 2.44. The van der Waals surface area contributed by atoms with E-state index in [2.05, 4.69) is 52.4 Å². The van der Waals surface area contributed by atoms with Gasteiger partial charge in [0.2, 0.25) is 0 Å². The van der Waals surface area contributed by atoms with E-state index in [1.807, 2.05) is 17.4 Å². The maximum Gasteiger partial charge on any atom is 0.0548 e. The lowest BCUT2D eigenvalue weighted by atomic mass is 10.1. The third kappa shape index (κ3) is 3.70. The van der Waals surface area contributed by atoms with Gasteiger partial charge in [0.25, 0.3) is 0 Å². The number of nitrogens with one attached hydrogen (secondary N) is 1. The van der Waals surface area contributed by atoms with Crippen LogP contribution in [0.25, 0.3) is 10.4 Å². The van der Waals surface area contributed by atoms with Crippen LogP contribution >= 0.6 is 38.9 Å². The number of rotatable bonds is 6. The molecule has 0 amide bonds. The van der Waals surface area contributed by atoms with Crippen LogP contribution < -0.4 is 5.32 Å². The summed E-state index contributed by atoms with van der Waals surface area (Å²) in [5.41, 5.74) is 1.23. The Morgan fingerprint density at radius 2 is 2.14 bits per heavy atom. The number of halogens is 2. The summed E-state index contributed by atoms with van der Waals surface area (Å²) < 4.78 is 0.958. The third-order valence-corrected chi connectivity index (χ3v) is 6.28. The lowest BCUT2D eigenvalue weighted by Gasteiger charge is -2.16.